The number of ether oxygens (including phenoxy) is 1. The molecular formula is C38H64N4O26P2S5. The maximum absolute atomic E-state index is 13.3. The number of benzene rings is 1. The molecule has 0 aliphatic carbocycles. The van der Waals surface area contributed by atoms with E-state index in [4.69, 9.17) is 14.2 Å². The van der Waals surface area contributed by atoms with Crippen LogP contribution in [0.25, 0.3) is 0 Å². The quantitative estimate of drug-likeness (QED) is 0.0114. The Hall–Kier alpha value is -3.61. The summed E-state index contributed by atoms with van der Waals surface area (Å²) in [4.78, 5) is 63.2. The number of aliphatic imine (C=N–C) groups is 1. The number of phosphoric ester groups is 2. The van der Waals surface area contributed by atoms with Crippen LogP contribution in [0.2, 0.25) is 0 Å². The lowest BCUT2D eigenvalue weighted by molar-refractivity contribution is -0.147. The van der Waals surface area contributed by atoms with Crippen molar-refractivity contribution in [3.8, 4) is 0 Å². The second-order valence-corrected chi connectivity index (χ2v) is 27.0. The first kappa shape index (κ1) is 69.4. The van der Waals surface area contributed by atoms with Gasteiger partial charge in [-0.05, 0) is 101 Å². The zero-order valence-corrected chi connectivity index (χ0v) is 46.6. The Morgan fingerprint density at radius 1 is 0.720 bits per heavy atom. The Kier molecular flexibility index (Phi) is 29.3. The first-order valence-corrected chi connectivity index (χ1v) is 33.1. The van der Waals surface area contributed by atoms with E-state index >= 15 is 0 Å². The predicted molar refractivity (Wildman–Crippen MR) is 269 cm³/mol. The molecule has 0 saturated heterocycles. The second kappa shape index (κ2) is 31.7. The summed E-state index contributed by atoms with van der Waals surface area (Å²) in [5, 5.41) is 3.97. The fourth-order valence-electron chi connectivity index (χ4n) is 6.36. The number of allylic oxidation sites excluding steroid dienone is 4. The molecule has 0 aliphatic rings. The topological polar surface area (TPSA) is 474 Å². The van der Waals surface area contributed by atoms with E-state index in [2.05, 4.69) is 23.7 Å². The molecule has 0 radical (unpaired) electrons. The highest BCUT2D eigenvalue weighted by atomic mass is 32.2. The van der Waals surface area contributed by atoms with E-state index in [9.17, 15) is 88.7 Å². The largest absolute Gasteiger partial charge is 0.481 e. The molecular weight excluding hydrogens is 1150 g/mol. The van der Waals surface area contributed by atoms with Crippen LogP contribution in [-0.2, 0) is 92.2 Å². The summed E-state index contributed by atoms with van der Waals surface area (Å²) in [6.07, 6.45) is 5.60. The van der Waals surface area contributed by atoms with Crippen LogP contribution in [0.3, 0.4) is 0 Å². The van der Waals surface area contributed by atoms with Crippen molar-refractivity contribution >= 4 is 95.4 Å². The molecule has 0 aromatic heterocycles. The van der Waals surface area contributed by atoms with E-state index in [-0.39, 0.29) is 83.7 Å². The summed E-state index contributed by atoms with van der Waals surface area (Å²) in [6.45, 7) is 2.27. The average molecular weight is 1220 g/mol. The predicted octanol–water partition coefficient (Wildman–Crippen LogP) is 2.18. The highest BCUT2D eigenvalue weighted by Gasteiger charge is 2.35. The number of aryl methyl sites for hydroxylation is 1. The Morgan fingerprint density at radius 3 is 1.84 bits per heavy atom. The van der Waals surface area contributed by atoms with Gasteiger partial charge in [0.25, 0.3) is 50.6 Å². The van der Waals surface area contributed by atoms with Crippen molar-refractivity contribution in [3.63, 3.8) is 0 Å². The lowest BCUT2D eigenvalue weighted by atomic mass is 10.1. The molecule has 4 atom stereocenters. The number of nitrogens with zero attached hydrogens (tertiary/aromatic N) is 2. The van der Waals surface area contributed by atoms with Crippen molar-refractivity contribution in [1.29, 1.82) is 0 Å². The number of hydrogen-bond donors (Lipinski definition) is 9. The highest BCUT2D eigenvalue weighted by Crippen LogP contribution is 2.60. The molecule has 0 aliphatic heterocycles. The summed E-state index contributed by atoms with van der Waals surface area (Å²) >= 11 is 0. The summed E-state index contributed by atoms with van der Waals surface area (Å²) in [7, 11) is -32.4. The van der Waals surface area contributed by atoms with Gasteiger partial charge in [0.2, 0.25) is 11.8 Å². The molecule has 75 heavy (non-hydrogen) atoms. The first-order chi connectivity index (χ1) is 34.3. The van der Waals surface area contributed by atoms with Gasteiger partial charge in [0.15, 0.2) is 0 Å². The molecule has 1 aromatic rings. The lowest BCUT2D eigenvalue weighted by Crippen LogP contribution is -2.55. The number of carbonyl (C=O) groups is 3. The smallest absolute Gasteiger partial charge is 0.464 e. The molecule has 37 heteroatoms. The normalized spacial score (nSPS) is 15.7. The van der Waals surface area contributed by atoms with Crippen molar-refractivity contribution in [2.45, 2.75) is 101 Å². The number of unbranched alkanes of at least 4 members (excludes halogenated alkanes) is 5. The van der Waals surface area contributed by atoms with Gasteiger partial charge in [-0.1, -0.05) is 18.9 Å². The molecule has 1 aromatic carbocycles. The van der Waals surface area contributed by atoms with Gasteiger partial charge >= 0.3 is 21.6 Å². The number of amides is 2. The van der Waals surface area contributed by atoms with E-state index in [0.717, 1.165) is 13.2 Å². The Labute approximate surface area is 435 Å². The third kappa shape index (κ3) is 33.3. The molecule has 2 amide bonds. The number of rotatable bonds is 38. The van der Waals surface area contributed by atoms with Gasteiger partial charge < -0.3 is 30.1 Å². The molecule has 0 spiro atoms. The minimum atomic E-state index is -5.05. The van der Waals surface area contributed by atoms with Gasteiger partial charge in [0.1, 0.15) is 23.6 Å². The number of phosphoric acid groups is 2. The summed E-state index contributed by atoms with van der Waals surface area (Å²) in [6, 6.07) is -0.662. The van der Waals surface area contributed by atoms with Crippen LogP contribution >= 0.6 is 15.6 Å². The lowest BCUT2D eigenvalue weighted by Gasteiger charge is -2.29. The van der Waals surface area contributed by atoms with Crippen molar-refractivity contribution in [1.82, 2.24) is 10.6 Å². The fraction of sp³-hybridized carbons (Fsp3) is 0.632. The van der Waals surface area contributed by atoms with Crippen molar-refractivity contribution < 1.29 is 116 Å². The van der Waals surface area contributed by atoms with E-state index in [0.29, 0.717) is 22.7 Å². The molecule has 0 saturated carbocycles. The van der Waals surface area contributed by atoms with Gasteiger partial charge in [-0.3, -0.25) is 46.4 Å². The SMILES string of the molecule is COP(=O)(O)OP(=O)(O)OCCCCCCOC(=O)C(CS(=O)(=O)O)NC(=O)C(CS(=O)(=O)O)NC(=O)CCCCC/C(=C\C=C\C(C)=NCCCS(=O)(=O)O)N(CCCS(=O)(=O)O)c1ccc(S(=O)(=O)O)cc1C. The first-order valence-electron chi connectivity index (χ1n) is 22.2. The summed E-state index contributed by atoms with van der Waals surface area (Å²) in [5.41, 5.74) is 1.57. The third-order valence-corrected chi connectivity index (χ3v) is 16.3. The third-order valence-electron chi connectivity index (χ3n) is 9.75. The minimum Gasteiger partial charge on any atom is -0.464 e. The van der Waals surface area contributed by atoms with Crippen molar-refractivity contribution in [2.75, 3.05) is 61.3 Å². The van der Waals surface area contributed by atoms with Crippen LogP contribution in [0, 0.1) is 6.92 Å². The monoisotopic (exact) mass is 1210 g/mol. The summed E-state index contributed by atoms with van der Waals surface area (Å²) in [5.74, 6) is -7.99. The Balaban J connectivity index is 3.19. The highest BCUT2D eigenvalue weighted by molar-refractivity contribution is 7.86. The van der Waals surface area contributed by atoms with Crippen LogP contribution in [0.4, 0.5) is 5.69 Å². The van der Waals surface area contributed by atoms with Crippen LogP contribution in [0.1, 0.15) is 83.1 Å². The van der Waals surface area contributed by atoms with Crippen LogP contribution in [0.5, 0.6) is 0 Å². The molecule has 0 heterocycles. The van der Waals surface area contributed by atoms with Gasteiger partial charge in [-0.15, -0.1) is 0 Å². The maximum Gasteiger partial charge on any atom is 0.481 e. The van der Waals surface area contributed by atoms with E-state index in [1.165, 1.54) is 19.1 Å². The van der Waals surface area contributed by atoms with Crippen molar-refractivity contribution in [3.05, 3.63) is 47.7 Å². The number of esters is 1. The number of hydrogen-bond acceptors (Lipinski definition) is 21. The van der Waals surface area contributed by atoms with Crippen molar-refractivity contribution in [2.24, 2.45) is 4.99 Å². The van der Waals surface area contributed by atoms with Crippen LogP contribution in [0.15, 0.2) is 52.0 Å². The second-order valence-electron chi connectivity index (χ2n) is 16.2. The molecule has 9 N–H and O–H groups in total. The standard InChI is InChI=1S/C38H64N4O26P2S5/c1-29-26-32(75(62,63)64)18-19-35(29)42(21-13-25-72(53,54)55)31(16-11-14-30(2)39-20-12-24-71(50,51)52)15-7-6-8-17-36(43)40-33(27-73(56,57)58)37(44)41-34(28-74(59,60)61)38(45)66-22-9-4-5-10-23-67-70(48,49)68-69(46,47)65-3/h11,14,16,18-19,26,33-34H,4-10,12-13,15,17,20-25,27-28H2,1-3H3,(H,40,43)(H,41,44)(H,46,47)(H,48,49)(H,50,51,52)(H,53,54,55)(H,56,57,58)(H,59,60,61)(H,62,63,64)/b14-11+,31-16+,39-30?. The number of nitrogens with one attached hydrogen (secondary N) is 2. The molecule has 432 valence electrons. The number of carbonyl (C=O) groups excluding carboxylic acids is 3. The average Bonchev–Trinajstić information content (AvgIpc) is 3.24. The summed E-state index contributed by atoms with van der Waals surface area (Å²) < 4.78 is 204. The van der Waals surface area contributed by atoms with E-state index in [1.54, 1.807) is 30.1 Å². The molecule has 4 unspecified atom stereocenters. The Morgan fingerprint density at radius 2 is 1.28 bits per heavy atom. The molecule has 0 bridgehead atoms. The van der Waals surface area contributed by atoms with Gasteiger partial charge in [-0.25, -0.2) is 13.9 Å². The zero-order chi connectivity index (χ0) is 57.5. The molecule has 30 nitrogen and oxygen atoms in total. The van der Waals surface area contributed by atoms with Gasteiger partial charge in [-0.2, -0.15) is 46.4 Å². The zero-order valence-electron chi connectivity index (χ0n) is 40.8. The minimum absolute atomic E-state index is 0.0209. The molecule has 0 fully saturated rings. The van der Waals surface area contributed by atoms with E-state index < -0.39 is 137 Å². The van der Waals surface area contributed by atoms with Crippen LogP contribution < -0.4 is 15.5 Å². The molecule has 1 rings (SSSR count). The Bertz CT molecular complexity index is 2860. The van der Waals surface area contributed by atoms with Gasteiger partial charge in [0, 0.05) is 43.7 Å². The number of anilines is 1. The maximum atomic E-state index is 13.3. The van der Waals surface area contributed by atoms with Gasteiger partial charge in [0.05, 0.1) is 29.6 Å². The fourth-order valence-corrected chi connectivity index (χ4v) is 11.1. The van der Waals surface area contributed by atoms with E-state index in [1.807, 2.05) is 5.32 Å². The van der Waals surface area contributed by atoms with Crippen LogP contribution in [-0.4, -0.2) is 167 Å².